The van der Waals surface area contributed by atoms with Gasteiger partial charge in [0, 0.05) is 18.0 Å². The highest BCUT2D eigenvalue weighted by molar-refractivity contribution is 8.03. The number of fused-ring (bicyclic) bond motifs is 1. The summed E-state index contributed by atoms with van der Waals surface area (Å²) in [5.74, 6) is 2.38. The molecule has 1 atom stereocenters. The number of ether oxygens (including phenoxy) is 3. The second-order valence-corrected chi connectivity index (χ2v) is 8.34. The van der Waals surface area contributed by atoms with Crippen molar-refractivity contribution in [3.05, 3.63) is 58.6 Å². The number of hydrogen-bond acceptors (Lipinski definition) is 7. The molecule has 0 bridgehead atoms. The van der Waals surface area contributed by atoms with Crippen LogP contribution >= 0.6 is 11.8 Å². The minimum absolute atomic E-state index is 0.00237. The van der Waals surface area contributed by atoms with Crippen molar-refractivity contribution in [1.29, 1.82) is 5.26 Å². The number of carbonyl (C=O) groups is 1. The number of methoxy groups -OCH3 is 2. The van der Waals surface area contributed by atoms with Gasteiger partial charge in [-0.3, -0.25) is 9.69 Å². The van der Waals surface area contributed by atoms with Gasteiger partial charge in [0.25, 0.3) is 0 Å². The first-order valence-electron chi connectivity index (χ1n) is 10.4. The average molecular weight is 452 g/mol. The summed E-state index contributed by atoms with van der Waals surface area (Å²) >= 11 is 1.52. The third-order valence-electron chi connectivity index (χ3n) is 5.62. The molecule has 7 nitrogen and oxygen atoms in total. The Labute approximate surface area is 192 Å². The first-order valence-corrected chi connectivity index (χ1v) is 11.3. The van der Waals surface area contributed by atoms with Crippen molar-refractivity contribution < 1.29 is 19.0 Å². The minimum atomic E-state index is -0.302. The second-order valence-electron chi connectivity index (χ2n) is 7.41. The molecule has 0 N–H and O–H groups in total. The number of hydrogen-bond donors (Lipinski definition) is 0. The van der Waals surface area contributed by atoms with Gasteiger partial charge in [0.05, 0.1) is 50.0 Å². The molecule has 32 heavy (non-hydrogen) atoms. The van der Waals surface area contributed by atoms with E-state index in [1.54, 1.807) is 19.1 Å². The number of thioether (sulfide) groups is 1. The standard InChI is InChI=1S/C24H25N3O4S/c1-4-31-21-10-5-16(11-22(21)30-3)19-12-23(28)27-14-26(15-32-24(27)20(19)13-25)17-6-8-18(29-2)9-7-17/h5-11,19H,4,12,14-15H2,1-3H3/t19-/m1/s1. The molecule has 2 aliphatic heterocycles. The Morgan fingerprint density at radius 1 is 1.12 bits per heavy atom. The zero-order chi connectivity index (χ0) is 22.7. The maximum absolute atomic E-state index is 13.1. The lowest BCUT2D eigenvalue weighted by Crippen LogP contribution is -2.47. The number of allylic oxidation sites excluding steroid dienone is 1. The van der Waals surface area contributed by atoms with Gasteiger partial charge in [-0.15, -0.1) is 0 Å². The third-order valence-corrected chi connectivity index (χ3v) is 6.78. The highest BCUT2D eigenvalue weighted by Gasteiger charge is 2.38. The van der Waals surface area contributed by atoms with Crippen LogP contribution in [-0.2, 0) is 4.79 Å². The first kappa shape index (κ1) is 21.9. The first-order chi connectivity index (χ1) is 15.6. The number of benzene rings is 2. The summed E-state index contributed by atoms with van der Waals surface area (Å²) in [6.07, 6.45) is 0.237. The summed E-state index contributed by atoms with van der Waals surface area (Å²) in [7, 11) is 3.22. The van der Waals surface area contributed by atoms with E-state index >= 15 is 0 Å². The topological polar surface area (TPSA) is 75.0 Å². The molecular formula is C24H25N3O4S. The fourth-order valence-electron chi connectivity index (χ4n) is 3.98. The number of rotatable bonds is 6. The van der Waals surface area contributed by atoms with E-state index in [0.29, 0.717) is 36.2 Å². The molecule has 0 aromatic heterocycles. The van der Waals surface area contributed by atoms with Crippen LogP contribution in [0.1, 0.15) is 24.8 Å². The molecule has 2 heterocycles. The van der Waals surface area contributed by atoms with Gasteiger partial charge >= 0.3 is 0 Å². The van der Waals surface area contributed by atoms with Crippen LogP contribution in [-0.4, -0.2) is 44.2 Å². The van der Waals surface area contributed by atoms with E-state index in [4.69, 9.17) is 14.2 Å². The maximum Gasteiger partial charge on any atom is 0.229 e. The Morgan fingerprint density at radius 2 is 1.91 bits per heavy atom. The van der Waals surface area contributed by atoms with Gasteiger partial charge in [-0.2, -0.15) is 5.26 Å². The van der Waals surface area contributed by atoms with Crippen LogP contribution in [0.3, 0.4) is 0 Å². The quantitative estimate of drug-likeness (QED) is 0.647. The maximum atomic E-state index is 13.1. The normalized spacial score (nSPS) is 18.2. The molecule has 0 aliphatic carbocycles. The van der Waals surface area contributed by atoms with Gasteiger partial charge in [-0.1, -0.05) is 17.8 Å². The van der Waals surface area contributed by atoms with Crippen LogP contribution in [0.2, 0.25) is 0 Å². The Morgan fingerprint density at radius 3 is 2.56 bits per heavy atom. The van der Waals surface area contributed by atoms with Crippen molar-refractivity contribution in [2.75, 3.05) is 38.3 Å². The molecule has 2 aromatic rings. The van der Waals surface area contributed by atoms with Gasteiger partial charge in [-0.25, -0.2) is 0 Å². The number of anilines is 1. The molecule has 166 valence electrons. The molecule has 0 unspecified atom stereocenters. The Kier molecular flexibility index (Phi) is 6.47. The fraction of sp³-hybridized carbons (Fsp3) is 0.333. The molecule has 0 radical (unpaired) electrons. The number of nitriles is 1. The van der Waals surface area contributed by atoms with E-state index in [1.807, 2.05) is 49.4 Å². The largest absolute Gasteiger partial charge is 0.497 e. The third kappa shape index (κ3) is 4.08. The summed E-state index contributed by atoms with van der Waals surface area (Å²) in [5, 5.41) is 10.8. The molecule has 0 saturated carbocycles. The lowest BCUT2D eigenvalue weighted by atomic mass is 9.86. The van der Waals surface area contributed by atoms with Crippen LogP contribution in [0.5, 0.6) is 17.2 Å². The van der Waals surface area contributed by atoms with Crippen molar-refractivity contribution in [2.24, 2.45) is 0 Å². The zero-order valence-corrected chi connectivity index (χ0v) is 19.1. The molecule has 1 fully saturated rings. The molecule has 1 amide bonds. The number of carbonyl (C=O) groups excluding carboxylic acids is 1. The van der Waals surface area contributed by atoms with E-state index < -0.39 is 0 Å². The number of nitrogens with zero attached hydrogens (tertiary/aromatic N) is 3. The van der Waals surface area contributed by atoms with E-state index in [1.165, 1.54) is 11.8 Å². The summed E-state index contributed by atoms with van der Waals surface area (Å²) < 4.78 is 16.3. The van der Waals surface area contributed by atoms with Crippen LogP contribution in [0.25, 0.3) is 0 Å². The molecule has 2 aliphatic rings. The molecule has 2 aromatic carbocycles. The monoisotopic (exact) mass is 451 g/mol. The average Bonchev–Trinajstić information content (AvgIpc) is 2.84. The summed E-state index contributed by atoms with van der Waals surface area (Å²) in [6.45, 7) is 2.86. The van der Waals surface area contributed by atoms with E-state index in [0.717, 1.165) is 22.0 Å². The SMILES string of the molecule is CCOc1ccc([C@H]2CC(=O)N3CN(c4ccc(OC)cc4)CSC3=C2C#N)cc1OC. The van der Waals surface area contributed by atoms with E-state index in [9.17, 15) is 10.1 Å². The Balaban J connectivity index is 1.63. The van der Waals surface area contributed by atoms with Gasteiger partial charge in [0.15, 0.2) is 11.5 Å². The summed E-state index contributed by atoms with van der Waals surface area (Å²) in [6, 6.07) is 15.8. The van der Waals surface area contributed by atoms with Gasteiger partial charge < -0.3 is 19.1 Å². The molecule has 1 saturated heterocycles. The fourth-order valence-corrected chi connectivity index (χ4v) is 5.15. The number of amides is 1. The van der Waals surface area contributed by atoms with Crippen molar-refractivity contribution in [2.45, 2.75) is 19.3 Å². The van der Waals surface area contributed by atoms with Crippen molar-refractivity contribution in [3.63, 3.8) is 0 Å². The minimum Gasteiger partial charge on any atom is -0.497 e. The molecule has 0 spiro atoms. The van der Waals surface area contributed by atoms with Crippen LogP contribution in [0.15, 0.2) is 53.1 Å². The van der Waals surface area contributed by atoms with Gasteiger partial charge in [0.1, 0.15) is 5.75 Å². The summed E-state index contributed by atoms with van der Waals surface area (Å²) in [5.41, 5.74) is 2.50. The van der Waals surface area contributed by atoms with Crippen LogP contribution < -0.4 is 19.1 Å². The predicted molar refractivity (Wildman–Crippen MR) is 124 cm³/mol. The van der Waals surface area contributed by atoms with Gasteiger partial charge in [-0.05, 0) is 48.9 Å². The zero-order valence-electron chi connectivity index (χ0n) is 18.3. The van der Waals surface area contributed by atoms with Gasteiger partial charge in [0.2, 0.25) is 5.91 Å². The van der Waals surface area contributed by atoms with E-state index in [-0.39, 0.29) is 18.2 Å². The smallest absolute Gasteiger partial charge is 0.229 e. The Bertz CT molecular complexity index is 1080. The highest BCUT2D eigenvalue weighted by atomic mass is 32.2. The lowest BCUT2D eigenvalue weighted by Gasteiger charge is -2.42. The Hall–Kier alpha value is -3.31. The summed E-state index contributed by atoms with van der Waals surface area (Å²) in [4.78, 5) is 17.0. The van der Waals surface area contributed by atoms with Crippen molar-refractivity contribution >= 4 is 23.4 Å². The second kappa shape index (κ2) is 9.45. The molecular weight excluding hydrogens is 426 g/mol. The lowest BCUT2D eigenvalue weighted by molar-refractivity contribution is -0.129. The van der Waals surface area contributed by atoms with Crippen molar-refractivity contribution in [3.8, 4) is 23.3 Å². The van der Waals surface area contributed by atoms with Crippen LogP contribution in [0.4, 0.5) is 5.69 Å². The highest BCUT2D eigenvalue weighted by Crippen LogP contribution is 2.44. The van der Waals surface area contributed by atoms with E-state index in [2.05, 4.69) is 11.0 Å². The van der Waals surface area contributed by atoms with Crippen molar-refractivity contribution in [1.82, 2.24) is 4.90 Å². The predicted octanol–water partition coefficient (Wildman–Crippen LogP) is 4.32. The molecule has 8 heteroatoms. The van der Waals surface area contributed by atoms with Crippen LogP contribution in [0, 0.1) is 11.3 Å². The molecule has 4 rings (SSSR count).